The molecule has 2 rings (SSSR count). The Hall–Kier alpha value is -1.98. The Bertz CT molecular complexity index is 475. The van der Waals surface area contributed by atoms with E-state index in [1.807, 2.05) is 0 Å². The van der Waals surface area contributed by atoms with Gasteiger partial charge in [0.25, 0.3) is 0 Å². The molecular weight excluding hydrogens is 229 g/mol. The third-order valence-corrected chi connectivity index (χ3v) is 2.61. The molecule has 0 aliphatic heterocycles. The number of hydrogen-bond donors (Lipinski definition) is 0. The predicted octanol–water partition coefficient (Wildman–Crippen LogP) is 2.23. The predicted molar refractivity (Wildman–Crippen MR) is 56.3 cm³/mol. The molecule has 0 spiro atoms. The van der Waals surface area contributed by atoms with Crippen molar-refractivity contribution in [3.05, 3.63) is 34.1 Å². The summed E-state index contributed by atoms with van der Waals surface area (Å²) in [5, 5.41) is 10.7. The monoisotopic (exact) mass is 239 g/mol. The number of nitro benzene ring substituents is 1. The molecule has 17 heavy (non-hydrogen) atoms. The van der Waals surface area contributed by atoms with Crippen LogP contribution in [0.1, 0.15) is 19.3 Å². The highest BCUT2D eigenvalue weighted by Crippen LogP contribution is 2.31. The third kappa shape index (κ3) is 2.58. The maximum atomic E-state index is 12.9. The van der Waals surface area contributed by atoms with E-state index >= 15 is 0 Å². The molecule has 0 heterocycles. The van der Waals surface area contributed by atoms with Gasteiger partial charge in [-0.1, -0.05) is 0 Å². The highest BCUT2D eigenvalue weighted by atomic mass is 19.1. The first-order valence-corrected chi connectivity index (χ1v) is 5.18. The third-order valence-electron chi connectivity index (χ3n) is 2.61. The van der Waals surface area contributed by atoms with Crippen LogP contribution in [-0.4, -0.2) is 16.8 Å². The molecule has 1 aliphatic rings. The summed E-state index contributed by atoms with van der Waals surface area (Å²) in [6.07, 6.45) is 0.897. The van der Waals surface area contributed by atoms with E-state index in [-0.39, 0.29) is 24.1 Å². The average Bonchev–Trinajstić information content (AvgIpc) is 2.66. The van der Waals surface area contributed by atoms with Gasteiger partial charge in [-0.15, -0.1) is 0 Å². The van der Waals surface area contributed by atoms with E-state index < -0.39 is 16.4 Å². The lowest BCUT2D eigenvalue weighted by Gasteiger charge is -2.12. The van der Waals surface area contributed by atoms with Crippen molar-refractivity contribution in [2.45, 2.75) is 25.4 Å². The van der Waals surface area contributed by atoms with Crippen LogP contribution in [0.2, 0.25) is 0 Å². The molecule has 0 bridgehead atoms. The van der Waals surface area contributed by atoms with Gasteiger partial charge in [-0.05, 0) is 18.6 Å². The molecule has 0 radical (unpaired) electrons. The zero-order valence-electron chi connectivity index (χ0n) is 8.89. The van der Waals surface area contributed by atoms with Gasteiger partial charge in [0.05, 0.1) is 11.0 Å². The fourth-order valence-electron chi connectivity index (χ4n) is 1.79. The van der Waals surface area contributed by atoms with Crippen LogP contribution in [0, 0.1) is 15.9 Å². The van der Waals surface area contributed by atoms with Crippen molar-refractivity contribution in [1.82, 2.24) is 0 Å². The number of carbonyl (C=O) groups is 1. The van der Waals surface area contributed by atoms with Crippen LogP contribution in [-0.2, 0) is 4.79 Å². The van der Waals surface area contributed by atoms with Crippen LogP contribution in [0.15, 0.2) is 18.2 Å². The summed E-state index contributed by atoms with van der Waals surface area (Å²) in [6, 6.07) is 3.13. The number of hydrogen-bond acceptors (Lipinski definition) is 4. The van der Waals surface area contributed by atoms with Crippen LogP contribution in [0.3, 0.4) is 0 Å². The minimum Gasteiger partial charge on any atom is -0.483 e. The Kier molecular flexibility index (Phi) is 3.03. The van der Waals surface area contributed by atoms with Gasteiger partial charge in [0, 0.05) is 12.8 Å². The van der Waals surface area contributed by atoms with Crippen molar-refractivity contribution in [2.75, 3.05) is 0 Å². The zero-order chi connectivity index (χ0) is 12.4. The second-order valence-electron chi connectivity index (χ2n) is 3.89. The summed E-state index contributed by atoms with van der Waals surface area (Å²) in [5.74, 6) is -0.595. The summed E-state index contributed by atoms with van der Waals surface area (Å²) in [6.45, 7) is 0. The van der Waals surface area contributed by atoms with E-state index in [2.05, 4.69) is 0 Å². The van der Waals surface area contributed by atoms with Gasteiger partial charge in [-0.3, -0.25) is 14.9 Å². The van der Waals surface area contributed by atoms with E-state index in [0.29, 0.717) is 12.8 Å². The number of rotatable bonds is 3. The fourth-order valence-corrected chi connectivity index (χ4v) is 1.79. The number of nitrogens with zero attached hydrogens (tertiary/aromatic N) is 1. The van der Waals surface area contributed by atoms with Crippen LogP contribution in [0.4, 0.5) is 10.1 Å². The highest BCUT2D eigenvalue weighted by molar-refractivity contribution is 5.81. The number of halogens is 1. The first kappa shape index (κ1) is 11.5. The molecule has 0 amide bonds. The molecule has 1 aromatic rings. The van der Waals surface area contributed by atoms with E-state index in [4.69, 9.17) is 4.74 Å². The first-order valence-electron chi connectivity index (χ1n) is 5.18. The molecule has 1 unspecified atom stereocenters. The van der Waals surface area contributed by atoms with E-state index in [1.54, 1.807) is 0 Å². The Morgan fingerprint density at radius 2 is 2.24 bits per heavy atom. The molecule has 6 heteroatoms. The van der Waals surface area contributed by atoms with Crippen molar-refractivity contribution >= 4 is 11.5 Å². The largest absolute Gasteiger partial charge is 0.483 e. The second kappa shape index (κ2) is 4.48. The average molecular weight is 239 g/mol. The van der Waals surface area contributed by atoms with Gasteiger partial charge < -0.3 is 4.74 Å². The summed E-state index contributed by atoms with van der Waals surface area (Å²) < 4.78 is 18.2. The molecule has 1 saturated carbocycles. The van der Waals surface area contributed by atoms with Crippen molar-refractivity contribution in [1.29, 1.82) is 0 Å². The molecule has 1 atom stereocenters. The summed E-state index contributed by atoms with van der Waals surface area (Å²) in [4.78, 5) is 21.0. The SMILES string of the molecule is O=C1CCC(Oc2ccc(F)cc2[N+](=O)[O-])C1. The maximum Gasteiger partial charge on any atom is 0.313 e. The molecule has 90 valence electrons. The number of Topliss-reactive ketones (excluding diaryl/α,β-unsaturated/α-hetero) is 1. The minimum absolute atomic E-state index is 0.0103. The van der Waals surface area contributed by atoms with E-state index in [0.717, 1.165) is 12.1 Å². The van der Waals surface area contributed by atoms with Crippen molar-refractivity contribution in [3.63, 3.8) is 0 Å². The normalized spacial score (nSPS) is 19.4. The molecule has 1 fully saturated rings. The summed E-state index contributed by atoms with van der Waals surface area (Å²) in [7, 11) is 0. The lowest BCUT2D eigenvalue weighted by Crippen LogP contribution is -2.13. The van der Waals surface area contributed by atoms with Gasteiger partial charge in [-0.2, -0.15) is 0 Å². The van der Waals surface area contributed by atoms with Crippen molar-refractivity contribution < 1.29 is 18.8 Å². The van der Waals surface area contributed by atoms with Gasteiger partial charge in [0.2, 0.25) is 0 Å². The standard InChI is InChI=1S/C11H10FNO4/c12-7-1-4-11(10(5-7)13(15)16)17-9-3-2-8(14)6-9/h1,4-5,9H,2-3,6H2. The van der Waals surface area contributed by atoms with Gasteiger partial charge in [0.1, 0.15) is 17.7 Å². The summed E-state index contributed by atoms with van der Waals surface area (Å²) >= 11 is 0. The number of ketones is 1. The molecular formula is C11H10FNO4. The number of ether oxygens (including phenoxy) is 1. The zero-order valence-corrected chi connectivity index (χ0v) is 8.89. The van der Waals surface area contributed by atoms with Crippen molar-refractivity contribution in [3.8, 4) is 5.75 Å². The summed E-state index contributed by atoms with van der Waals surface area (Å²) in [5.41, 5.74) is -0.413. The van der Waals surface area contributed by atoms with Crippen LogP contribution >= 0.6 is 0 Å². The van der Waals surface area contributed by atoms with Gasteiger partial charge in [0.15, 0.2) is 5.75 Å². The number of nitro groups is 1. The van der Waals surface area contributed by atoms with Crippen molar-refractivity contribution in [2.24, 2.45) is 0 Å². The van der Waals surface area contributed by atoms with E-state index in [1.165, 1.54) is 6.07 Å². The molecule has 0 saturated heterocycles. The Balaban J connectivity index is 2.20. The lowest BCUT2D eigenvalue weighted by atomic mass is 10.2. The molecule has 1 aliphatic carbocycles. The minimum atomic E-state index is -0.699. The van der Waals surface area contributed by atoms with Crippen LogP contribution < -0.4 is 4.74 Å². The van der Waals surface area contributed by atoms with Gasteiger partial charge >= 0.3 is 5.69 Å². The number of carbonyl (C=O) groups excluding carboxylic acids is 1. The molecule has 0 N–H and O–H groups in total. The smallest absolute Gasteiger partial charge is 0.313 e. The lowest BCUT2D eigenvalue weighted by molar-refractivity contribution is -0.386. The Morgan fingerprint density at radius 1 is 1.47 bits per heavy atom. The molecule has 0 aromatic heterocycles. The number of benzene rings is 1. The quantitative estimate of drug-likeness (QED) is 0.599. The Morgan fingerprint density at radius 3 is 2.82 bits per heavy atom. The molecule has 1 aromatic carbocycles. The first-order chi connectivity index (χ1) is 8.06. The maximum absolute atomic E-state index is 12.9. The van der Waals surface area contributed by atoms with E-state index in [9.17, 15) is 19.3 Å². The van der Waals surface area contributed by atoms with Crippen LogP contribution in [0.25, 0.3) is 0 Å². The fraction of sp³-hybridized carbons (Fsp3) is 0.364. The topological polar surface area (TPSA) is 69.4 Å². The highest BCUT2D eigenvalue weighted by Gasteiger charge is 2.26. The second-order valence-corrected chi connectivity index (χ2v) is 3.89. The van der Waals surface area contributed by atoms with Crippen LogP contribution in [0.5, 0.6) is 5.75 Å². The van der Waals surface area contributed by atoms with Gasteiger partial charge in [-0.25, -0.2) is 4.39 Å². The Labute approximate surface area is 96.3 Å². The molecule has 5 nitrogen and oxygen atoms in total.